The number of hydrogen-bond acceptors (Lipinski definition) is 1. The molecule has 0 aromatic heterocycles. The van der Waals surface area contributed by atoms with E-state index in [1.807, 2.05) is 19.0 Å². The van der Waals surface area contributed by atoms with Gasteiger partial charge < -0.3 is 10.2 Å². The van der Waals surface area contributed by atoms with Crippen LogP contribution in [0.5, 0.6) is 0 Å². The fourth-order valence-electron chi connectivity index (χ4n) is 2.37. The molecule has 0 aromatic carbocycles. The molecule has 1 atom stereocenters. The van der Waals surface area contributed by atoms with Gasteiger partial charge in [-0.25, -0.2) is 0 Å². The summed E-state index contributed by atoms with van der Waals surface area (Å²) in [5.74, 6) is 0.712. The van der Waals surface area contributed by atoms with Gasteiger partial charge in [-0.3, -0.25) is 0 Å². The zero-order chi connectivity index (χ0) is 12.1. The molecule has 92 valence electrons. The van der Waals surface area contributed by atoms with Crippen LogP contribution in [0.1, 0.15) is 39.0 Å². The third-order valence-electron chi connectivity index (χ3n) is 3.34. The second kappa shape index (κ2) is 6.24. The SMILES string of the molecule is C=C(C)C(NC(=S)N(C)C)C1CCCCC1. The predicted molar refractivity (Wildman–Crippen MR) is 74.6 cm³/mol. The molecule has 1 N–H and O–H groups in total. The van der Waals surface area contributed by atoms with E-state index in [-0.39, 0.29) is 0 Å². The molecule has 3 heteroatoms. The zero-order valence-corrected chi connectivity index (χ0v) is 11.6. The van der Waals surface area contributed by atoms with Gasteiger partial charge in [0.2, 0.25) is 0 Å². The molecule has 1 aliphatic rings. The molecule has 1 aliphatic carbocycles. The van der Waals surface area contributed by atoms with Gasteiger partial charge in [0, 0.05) is 14.1 Å². The second-order valence-electron chi connectivity index (χ2n) is 5.07. The Balaban J connectivity index is 2.59. The van der Waals surface area contributed by atoms with Crippen molar-refractivity contribution in [1.82, 2.24) is 10.2 Å². The first-order chi connectivity index (χ1) is 7.52. The van der Waals surface area contributed by atoms with Gasteiger partial charge in [0.15, 0.2) is 5.11 Å². The number of hydrogen-bond donors (Lipinski definition) is 1. The highest BCUT2D eigenvalue weighted by molar-refractivity contribution is 7.80. The molecule has 0 bridgehead atoms. The molecule has 0 radical (unpaired) electrons. The summed E-state index contributed by atoms with van der Waals surface area (Å²) in [5, 5.41) is 4.26. The van der Waals surface area contributed by atoms with Gasteiger partial charge in [-0.05, 0) is 37.9 Å². The molecule has 1 saturated carbocycles. The molecule has 16 heavy (non-hydrogen) atoms. The highest BCUT2D eigenvalue weighted by Gasteiger charge is 2.24. The lowest BCUT2D eigenvalue weighted by Gasteiger charge is -2.33. The average molecular weight is 240 g/mol. The van der Waals surface area contributed by atoms with Crippen LogP contribution >= 0.6 is 12.2 Å². The van der Waals surface area contributed by atoms with Crippen molar-refractivity contribution in [3.05, 3.63) is 12.2 Å². The minimum Gasteiger partial charge on any atom is -0.356 e. The summed E-state index contributed by atoms with van der Waals surface area (Å²) in [5.41, 5.74) is 1.20. The fraction of sp³-hybridized carbons (Fsp3) is 0.769. The maximum absolute atomic E-state index is 5.32. The summed E-state index contributed by atoms with van der Waals surface area (Å²) in [6, 6.07) is 0.357. The normalized spacial score (nSPS) is 18.9. The van der Waals surface area contributed by atoms with Crippen LogP contribution in [0.3, 0.4) is 0 Å². The van der Waals surface area contributed by atoms with E-state index in [2.05, 4.69) is 18.8 Å². The van der Waals surface area contributed by atoms with Crippen molar-refractivity contribution in [3.63, 3.8) is 0 Å². The average Bonchev–Trinajstić information content (AvgIpc) is 2.26. The highest BCUT2D eigenvalue weighted by Crippen LogP contribution is 2.28. The molecule has 0 saturated heterocycles. The van der Waals surface area contributed by atoms with Crippen LogP contribution in [0.25, 0.3) is 0 Å². The number of rotatable bonds is 3. The quantitative estimate of drug-likeness (QED) is 0.603. The Labute approximate surface area is 105 Å². The van der Waals surface area contributed by atoms with E-state index in [9.17, 15) is 0 Å². The van der Waals surface area contributed by atoms with Crippen molar-refractivity contribution in [2.75, 3.05) is 14.1 Å². The van der Waals surface area contributed by atoms with E-state index in [1.165, 1.54) is 37.7 Å². The molecule has 0 aromatic rings. The fourth-order valence-corrected chi connectivity index (χ4v) is 2.50. The van der Waals surface area contributed by atoms with Gasteiger partial charge in [0.25, 0.3) is 0 Å². The molecule has 0 heterocycles. The van der Waals surface area contributed by atoms with E-state index >= 15 is 0 Å². The van der Waals surface area contributed by atoms with Gasteiger partial charge in [-0.15, -0.1) is 0 Å². The Morgan fingerprint density at radius 3 is 2.31 bits per heavy atom. The van der Waals surface area contributed by atoms with Crippen LogP contribution < -0.4 is 5.32 Å². The lowest BCUT2D eigenvalue weighted by Crippen LogP contribution is -2.45. The van der Waals surface area contributed by atoms with Crippen LogP contribution in [0, 0.1) is 5.92 Å². The third kappa shape index (κ3) is 3.78. The largest absolute Gasteiger partial charge is 0.356 e. The monoisotopic (exact) mass is 240 g/mol. The molecular formula is C13H24N2S. The summed E-state index contributed by atoms with van der Waals surface area (Å²) in [4.78, 5) is 1.95. The molecule has 2 nitrogen and oxygen atoms in total. The van der Waals surface area contributed by atoms with Gasteiger partial charge in [-0.2, -0.15) is 0 Å². The van der Waals surface area contributed by atoms with Gasteiger partial charge in [0.1, 0.15) is 0 Å². The van der Waals surface area contributed by atoms with E-state index in [4.69, 9.17) is 12.2 Å². The van der Waals surface area contributed by atoms with Gasteiger partial charge in [0.05, 0.1) is 6.04 Å². The predicted octanol–water partition coefficient (Wildman–Crippen LogP) is 2.95. The lowest BCUT2D eigenvalue weighted by molar-refractivity contribution is 0.308. The standard InChI is InChI=1S/C13H24N2S/c1-10(2)12(14-13(16)15(3)4)11-8-6-5-7-9-11/h11-12H,1,5-9H2,2-4H3,(H,14,16). The smallest absolute Gasteiger partial charge is 0.168 e. The Bertz CT molecular complexity index is 255. The van der Waals surface area contributed by atoms with Crippen LogP contribution in [0.15, 0.2) is 12.2 Å². The van der Waals surface area contributed by atoms with Crippen molar-refractivity contribution >= 4 is 17.3 Å². The Hall–Kier alpha value is -0.570. The van der Waals surface area contributed by atoms with Crippen molar-refractivity contribution < 1.29 is 0 Å². The maximum atomic E-state index is 5.32. The second-order valence-corrected chi connectivity index (χ2v) is 5.45. The van der Waals surface area contributed by atoms with E-state index < -0.39 is 0 Å². The van der Waals surface area contributed by atoms with E-state index in [0.717, 1.165) is 5.11 Å². The van der Waals surface area contributed by atoms with E-state index in [1.54, 1.807) is 0 Å². The minimum absolute atomic E-state index is 0.357. The topological polar surface area (TPSA) is 15.3 Å². The highest BCUT2D eigenvalue weighted by atomic mass is 32.1. The maximum Gasteiger partial charge on any atom is 0.168 e. The lowest BCUT2D eigenvalue weighted by atomic mass is 9.81. The van der Waals surface area contributed by atoms with Crippen molar-refractivity contribution in [1.29, 1.82) is 0 Å². The van der Waals surface area contributed by atoms with Gasteiger partial charge in [-0.1, -0.05) is 31.4 Å². The molecule has 0 amide bonds. The van der Waals surface area contributed by atoms with Crippen LogP contribution in [0.2, 0.25) is 0 Å². The van der Waals surface area contributed by atoms with Crippen LogP contribution in [0.4, 0.5) is 0 Å². The van der Waals surface area contributed by atoms with Crippen molar-refractivity contribution in [2.24, 2.45) is 5.92 Å². The number of nitrogens with one attached hydrogen (secondary N) is 1. The van der Waals surface area contributed by atoms with Gasteiger partial charge >= 0.3 is 0 Å². The summed E-state index contributed by atoms with van der Waals surface area (Å²) in [6.45, 7) is 6.20. The van der Waals surface area contributed by atoms with Crippen LogP contribution in [-0.4, -0.2) is 30.1 Å². The molecule has 0 aliphatic heterocycles. The summed E-state index contributed by atoms with van der Waals surface area (Å²) in [7, 11) is 3.96. The molecule has 1 fully saturated rings. The first kappa shape index (κ1) is 13.5. The van der Waals surface area contributed by atoms with E-state index in [0.29, 0.717) is 12.0 Å². The summed E-state index contributed by atoms with van der Waals surface area (Å²) < 4.78 is 0. The Morgan fingerprint density at radius 1 is 1.31 bits per heavy atom. The summed E-state index contributed by atoms with van der Waals surface area (Å²) in [6.07, 6.45) is 6.70. The first-order valence-corrected chi connectivity index (χ1v) is 6.56. The Kier molecular flexibility index (Phi) is 5.26. The molecule has 0 spiro atoms. The van der Waals surface area contributed by atoms with Crippen molar-refractivity contribution in [2.45, 2.75) is 45.1 Å². The minimum atomic E-state index is 0.357. The molecular weight excluding hydrogens is 216 g/mol. The van der Waals surface area contributed by atoms with Crippen molar-refractivity contribution in [3.8, 4) is 0 Å². The third-order valence-corrected chi connectivity index (χ3v) is 3.82. The Morgan fingerprint density at radius 2 is 1.88 bits per heavy atom. The number of thiocarbonyl (C=S) groups is 1. The zero-order valence-electron chi connectivity index (χ0n) is 10.8. The van der Waals surface area contributed by atoms with Crippen LogP contribution in [-0.2, 0) is 0 Å². The molecule has 1 unspecified atom stereocenters. The number of nitrogens with zero attached hydrogens (tertiary/aromatic N) is 1. The first-order valence-electron chi connectivity index (χ1n) is 6.15. The molecule has 1 rings (SSSR count). The summed E-state index contributed by atoms with van der Waals surface area (Å²) >= 11 is 5.32.